The normalized spacial score (nSPS) is 19.2. The van der Waals surface area contributed by atoms with E-state index in [-0.39, 0.29) is 17.6 Å². The van der Waals surface area contributed by atoms with Crippen LogP contribution in [-0.4, -0.2) is 18.0 Å². The lowest BCUT2D eigenvalue weighted by Gasteiger charge is -2.25. The van der Waals surface area contributed by atoms with Gasteiger partial charge in [0.15, 0.2) is 17.3 Å². The molecular formula is C20H20N2O3. The molecule has 2 aromatic carbocycles. The fourth-order valence-electron chi connectivity index (χ4n) is 3.56. The number of rotatable bonds is 2. The number of Topliss-reactive ketones (excluding diaryl/α,β-unsaturated/α-hetero) is 1. The second-order valence-corrected chi connectivity index (χ2v) is 6.35. The van der Waals surface area contributed by atoms with Crippen molar-refractivity contribution < 1.29 is 14.6 Å². The van der Waals surface area contributed by atoms with Gasteiger partial charge in [0.2, 0.25) is 0 Å². The standard InChI is InChI=1S/C20H20N2O3/c1-25-18-11-12(9-10-16(18)23)20-19-15(7-4-8-17(19)24)21-13-5-2-3-6-14(13)22-20/h2-3,5-6,9-11,20-23H,4,7-8H2,1H3/t20-/m0/s1. The first-order chi connectivity index (χ1) is 12.2. The fraction of sp³-hybridized carbons (Fsp3) is 0.250. The largest absolute Gasteiger partial charge is 0.504 e. The predicted molar refractivity (Wildman–Crippen MR) is 97.0 cm³/mol. The lowest BCUT2D eigenvalue weighted by Crippen LogP contribution is -2.23. The molecule has 128 valence electrons. The second kappa shape index (κ2) is 6.16. The van der Waals surface area contributed by atoms with Gasteiger partial charge < -0.3 is 20.5 Å². The van der Waals surface area contributed by atoms with Crippen molar-refractivity contribution in [3.05, 3.63) is 59.3 Å². The maximum Gasteiger partial charge on any atom is 0.163 e. The van der Waals surface area contributed by atoms with Crippen molar-refractivity contribution in [2.75, 3.05) is 17.7 Å². The van der Waals surface area contributed by atoms with Crippen LogP contribution in [0, 0.1) is 0 Å². The minimum Gasteiger partial charge on any atom is -0.504 e. The first-order valence-corrected chi connectivity index (χ1v) is 8.43. The van der Waals surface area contributed by atoms with Crippen molar-refractivity contribution in [1.82, 2.24) is 0 Å². The van der Waals surface area contributed by atoms with Gasteiger partial charge in [0.05, 0.1) is 24.5 Å². The molecule has 0 amide bonds. The van der Waals surface area contributed by atoms with E-state index in [2.05, 4.69) is 10.6 Å². The van der Waals surface area contributed by atoms with E-state index in [9.17, 15) is 9.90 Å². The Bertz CT molecular complexity index is 873. The number of carbonyl (C=O) groups excluding carboxylic acids is 1. The number of carbonyl (C=O) groups is 1. The number of ketones is 1. The number of fused-ring (bicyclic) bond motifs is 1. The number of anilines is 2. The molecule has 0 bridgehead atoms. The maximum absolute atomic E-state index is 12.7. The molecule has 0 fully saturated rings. The Kier molecular flexibility index (Phi) is 3.84. The van der Waals surface area contributed by atoms with E-state index in [1.165, 1.54) is 7.11 Å². The highest BCUT2D eigenvalue weighted by atomic mass is 16.5. The van der Waals surface area contributed by atoms with Crippen LogP contribution < -0.4 is 15.4 Å². The van der Waals surface area contributed by atoms with Crippen LogP contribution in [0.2, 0.25) is 0 Å². The molecule has 0 spiro atoms. The van der Waals surface area contributed by atoms with Gasteiger partial charge in [-0.25, -0.2) is 0 Å². The molecule has 2 aromatic rings. The van der Waals surface area contributed by atoms with Crippen LogP contribution in [0.5, 0.6) is 11.5 Å². The Balaban J connectivity index is 1.87. The molecule has 25 heavy (non-hydrogen) atoms. The summed E-state index contributed by atoms with van der Waals surface area (Å²) in [7, 11) is 1.52. The third-order valence-electron chi connectivity index (χ3n) is 4.79. The number of para-hydroxylation sites is 2. The molecule has 3 N–H and O–H groups in total. The Labute approximate surface area is 146 Å². The summed E-state index contributed by atoms with van der Waals surface area (Å²) in [6, 6.07) is 12.9. The molecule has 5 nitrogen and oxygen atoms in total. The number of hydrogen-bond acceptors (Lipinski definition) is 5. The first-order valence-electron chi connectivity index (χ1n) is 8.43. The third kappa shape index (κ3) is 2.71. The predicted octanol–water partition coefficient (Wildman–Crippen LogP) is 3.99. The number of phenols is 1. The fourth-order valence-corrected chi connectivity index (χ4v) is 3.56. The Morgan fingerprint density at radius 3 is 2.72 bits per heavy atom. The summed E-state index contributed by atoms with van der Waals surface area (Å²) in [5.74, 6) is 0.642. The summed E-state index contributed by atoms with van der Waals surface area (Å²) >= 11 is 0. The summed E-state index contributed by atoms with van der Waals surface area (Å²) in [6.45, 7) is 0. The number of aromatic hydroxyl groups is 1. The summed E-state index contributed by atoms with van der Waals surface area (Å²) in [5.41, 5.74) is 4.55. The summed E-state index contributed by atoms with van der Waals surface area (Å²) in [5, 5.41) is 16.8. The van der Waals surface area contributed by atoms with Crippen LogP contribution in [0.4, 0.5) is 11.4 Å². The van der Waals surface area contributed by atoms with E-state index >= 15 is 0 Å². The van der Waals surface area contributed by atoms with Gasteiger partial charge in [0, 0.05) is 17.7 Å². The Morgan fingerprint density at radius 2 is 1.92 bits per heavy atom. The van der Waals surface area contributed by atoms with E-state index < -0.39 is 0 Å². The van der Waals surface area contributed by atoms with Gasteiger partial charge in [-0.3, -0.25) is 4.79 Å². The SMILES string of the molecule is COc1cc([C@@H]2Nc3ccccc3NC3=C2C(=O)CCC3)ccc1O. The number of benzene rings is 2. The average Bonchev–Trinajstić information content (AvgIpc) is 2.79. The first kappa shape index (κ1) is 15.6. The van der Waals surface area contributed by atoms with Crippen molar-refractivity contribution in [2.24, 2.45) is 0 Å². The monoisotopic (exact) mass is 336 g/mol. The topological polar surface area (TPSA) is 70.6 Å². The molecule has 0 saturated carbocycles. The molecule has 0 unspecified atom stereocenters. The van der Waals surface area contributed by atoms with Crippen molar-refractivity contribution in [1.29, 1.82) is 0 Å². The van der Waals surface area contributed by atoms with Crippen molar-refractivity contribution in [2.45, 2.75) is 25.3 Å². The smallest absolute Gasteiger partial charge is 0.163 e. The maximum atomic E-state index is 12.7. The molecule has 2 aliphatic rings. The minimum atomic E-state index is -0.284. The number of phenolic OH excluding ortho intramolecular Hbond substituents is 1. The van der Waals surface area contributed by atoms with E-state index in [0.29, 0.717) is 12.2 Å². The van der Waals surface area contributed by atoms with Gasteiger partial charge >= 0.3 is 0 Å². The molecule has 4 rings (SSSR count). The number of nitrogens with one attached hydrogen (secondary N) is 2. The minimum absolute atomic E-state index is 0.0857. The third-order valence-corrected chi connectivity index (χ3v) is 4.79. The van der Waals surface area contributed by atoms with E-state index in [1.807, 2.05) is 30.3 Å². The highest BCUT2D eigenvalue weighted by molar-refractivity contribution is 6.00. The van der Waals surface area contributed by atoms with Gasteiger partial charge in [-0.2, -0.15) is 0 Å². The average molecular weight is 336 g/mol. The van der Waals surface area contributed by atoms with Crippen LogP contribution in [-0.2, 0) is 4.79 Å². The van der Waals surface area contributed by atoms with Crippen molar-refractivity contribution in [3.63, 3.8) is 0 Å². The van der Waals surface area contributed by atoms with E-state index in [4.69, 9.17) is 4.74 Å². The molecule has 5 heteroatoms. The summed E-state index contributed by atoms with van der Waals surface area (Å²) in [4.78, 5) is 12.7. The summed E-state index contributed by atoms with van der Waals surface area (Å²) < 4.78 is 5.25. The lowest BCUT2D eigenvalue weighted by molar-refractivity contribution is -0.116. The quantitative estimate of drug-likeness (QED) is 0.774. The molecular weight excluding hydrogens is 316 g/mol. The van der Waals surface area contributed by atoms with Crippen LogP contribution in [0.25, 0.3) is 0 Å². The zero-order valence-electron chi connectivity index (χ0n) is 14.0. The van der Waals surface area contributed by atoms with Gasteiger partial charge in [-0.05, 0) is 42.7 Å². The van der Waals surface area contributed by atoms with Crippen LogP contribution >= 0.6 is 0 Å². The zero-order chi connectivity index (χ0) is 17.4. The highest BCUT2D eigenvalue weighted by Gasteiger charge is 2.32. The lowest BCUT2D eigenvalue weighted by atomic mass is 9.86. The highest BCUT2D eigenvalue weighted by Crippen LogP contribution is 2.41. The molecule has 1 atom stereocenters. The Morgan fingerprint density at radius 1 is 1.12 bits per heavy atom. The van der Waals surface area contributed by atoms with Crippen LogP contribution in [0.1, 0.15) is 30.9 Å². The van der Waals surface area contributed by atoms with Crippen LogP contribution in [0.3, 0.4) is 0 Å². The number of methoxy groups -OCH3 is 1. The van der Waals surface area contributed by atoms with E-state index in [0.717, 1.165) is 41.1 Å². The molecule has 1 aliphatic carbocycles. The number of hydrogen-bond donors (Lipinski definition) is 3. The van der Waals surface area contributed by atoms with Crippen molar-refractivity contribution >= 4 is 17.2 Å². The van der Waals surface area contributed by atoms with Gasteiger partial charge in [0.25, 0.3) is 0 Å². The van der Waals surface area contributed by atoms with Crippen molar-refractivity contribution in [3.8, 4) is 11.5 Å². The molecule has 0 radical (unpaired) electrons. The molecule has 0 aromatic heterocycles. The summed E-state index contributed by atoms with van der Waals surface area (Å²) in [6.07, 6.45) is 2.27. The molecule has 1 aliphatic heterocycles. The molecule has 1 heterocycles. The second-order valence-electron chi connectivity index (χ2n) is 6.35. The number of ether oxygens (including phenoxy) is 1. The number of allylic oxidation sites excluding steroid dienone is 1. The zero-order valence-corrected chi connectivity index (χ0v) is 14.0. The van der Waals surface area contributed by atoms with Gasteiger partial charge in [-0.1, -0.05) is 18.2 Å². The van der Waals surface area contributed by atoms with Gasteiger partial charge in [-0.15, -0.1) is 0 Å². The van der Waals surface area contributed by atoms with Crippen LogP contribution in [0.15, 0.2) is 53.7 Å². The van der Waals surface area contributed by atoms with Gasteiger partial charge in [0.1, 0.15) is 0 Å². The molecule has 0 saturated heterocycles. The van der Waals surface area contributed by atoms with E-state index in [1.54, 1.807) is 12.1 Å². The Hall–Kier alpha value is -2.95.